The number of amides is 1. The molecule has 1 aromatic rings. The Morgan fingerprint density at radius 1 is 1.16 bits per heavy atom. The molecule has 5 nitrogen and oxygen atoms in total. The van der Waals surface area contributed by atoms with E-state index in [2.05, 4.69) is 28.1 Å². The highest BCUT2D eigenvalue weighted by Gasteiger charge is 2.28. The summed E-state index contributed by atoms with van der Waals surface area (Å²) in [5.74, 6) is 0.740. The lowest BCUT2D eigenvalue weighted by molar-refractivity contribution is 0.0485. The van der Waals surface area contributed by atoms with Gasteiger partial charge in [0.1, 0.15) is 5.60 Å². The summed E-state index contributed by atoms with van der Waals surface area (Å²) in [5.41, 5.74) is 0.594. The number of halogens is 2. The summed E-state index contributed by atoms with van der Waals surface area (Å²) in [6.45, 7) is 12.1. The molecule has 1 aliphatic heterocycles. The third-order valence-corrected chi connectivity index (χ3v) is 7.24. The Morgan fingerprint density at radius 3 is 2.52 bits per heavy atom. The maximum Gasteiger partial charge on any atom is 0.407 e. The number of ether oxygens (including phenoxy) is 1. The highest BCUT2D eigenvalue weighted by Crippen LogP contribution is 2.34. The van der Waals surface area contributed by atoms with Crippen LogP contribution < -0.4 is 10.2 Å². The average molecular weight is 470 g/mol. The normalized spacial score (nSPS) is 25.4. The minimum absolute atomic E-state index is 0.246. The second-order valence-corrected chi connectivity index (χ2v) is 10.8. The van der Waals surface area contributed by atoms with Gasteiger partial charge in [0.2, 0.25) is 0 Å². The predicted molar refractivity (Wildman–Crippen MR) is 129 cm³/mol. The number of carbonyl (C=O) groups is 1. The van der Waals surface area contributed by atoms with Gasteiger partial charge in [-0.3, -0.25) is 4.90 Å². The van der Waals surface area contributed by atoms with Crippen molar-refractivity contribution >= 4 is 35.0 Å². The molecule has 0 bridgehead atoms. The first-order valence-electron chi connectivity index (χ1n) is 11.5. The molecular weight excluding hydrogens is 433 g/mol. The van der Waals surface area contributed by atoms with Crippen LogP contribution in [0.4, 0.5) is 10.5 Å². The number of nitrogens with zero attached hydrogens (tertiary/aromatic N) is 2. The van der Waals surface area contributed by atoms with Gasteiger partial charge >= 0.3 is 6.09 Å². The Bertz CT molecular complexity index is 745. The van der Waals surface area contributed by atoms with Gasteiger partial charge in [-0.05, 0) is 84.4 Å². The standard InChI is InChI=1S/C24H37Cl2N3O2/c1-17-16-29(21-7-5-6-20(25)22(21)26)15-14-28(17)13-12-18-8-10-19(11-9-18)27-23(30)31-24(2,3)4/h5-7,17-19H,8-16H2,1-4H3,(H,27,30)/t17-,18-,19-/m1/s1. The minimum atomic E-state index is -0.444. The van der Waals surface area contributed by atoms with Crippen molar-refractivity contribution < 1.29 is 9.53 Å². The average Bonchev–Trinajstić information content (AvgIpc) is 2.69. The van der Waals surface area contributed by atoms with Crippen LogP contribution in [0.2, 0.25) is 10.0 Å². The lowest BCUT2D eigenvalue weighted by Crippen LogP contribution is -2.52. The lowest BCUT2D eigenvalue weighted by atomic mass is 9.84. The largest absolute Gasteiger partial charge is 0.444 e. The first-order chi connectivity index (χ1) is 14.6. The second kappa shape index (κ2) is 10.6. The van der Waals surface area contributed by atoms with Gasteiger partial charge in [0, 0.05) is 31.7 Å². The van der Waals surface area contributed by atoms with Crippen LogP contribution in [0.3, 0.4) is 0 Å². The van der Waals surface area contributed by atoms with Crippen molar-refractivity contribution in [3.63, 3.8) is 0 Å². The molecule has 0 radical (unpaired) electrons. The summed E-state index contributed by atoms with van der Waals surface area (Å²) < 4.78 is 5.38. The Balaban J connectivity index is 1.39. The van der Waals surface area contributed by atoms with E-state index in [1.165, 1.54) is 19.3 Å². The third-order valence-electron chi connectivity index (χ3n) is 6.43. The van der Waals surface area contributed by atoms with Gasteiger partial charge in [0.05, 0.1) is 15.7 Å². The Hall–Kier alpha value is -1.17. The van der Waals surface area contributed by atoms with E-state index >= 15 is 0 Å². The highest BCUT2D eigenvalue weighted by molar-refractivity contribution is 6.43. The van der Waals surface area contributed by atoms with Gasteiger partial charge in [-0.2, -0.15) is 0 Å². The first-order valence-corrected chi connectivity index (χ1v) is 12.3. The zero-order valence-corrected chi connectivity index (χ0v) is 20.8. The number of rotatable bonds is 5. The summed E-state index contributed by atoms with van der Waals surface area (Å²) >= 11 is 12.6. The summed E-state index contributed by atoms with van der Waals surface area (Å²) in [7, 11) is 0. The molecule has 1 aromatic carbocycles. The molecule has 1 heterocycles. The van der Waals surface area contributed by atoms with Crippen molar-refractivity contribution in [1.29, 1.82) is 0 Å². The second-order valence-electron chi connectivity index (χ2n) is 10.1. The number of nitrogens with one attached hydrogen (secondary N) is 1. The topological polar surface area (TPSA) is 44.8 Å². The van der Waals surface area contributed by atoms with Gasteiger partial charge in [0.15, 0.2) is 0 Å². The van der Waals surface area contributed by atoms with Gasteiger partial charge in [-0.1, -0.05) is 29.3 Å². The molecule has 1 saturated heterocycles. The van der Waals surface area contributed by atoms with Gasteiger partial charge in [-0.25, -0.2) is 4.79 Å². The Labute approximate surface area is 197 Å². The van der Waals surface area contributed by atoms with Gasteiger partial charge in [0.25, 0.3) is 0 Å². The van der Waals surface area contributed by atoms with Crippen LogP contribution in [-0.2, 0) is 4.74 Å². The number of alkyl carbamates (subject to hydrolysis) is 1. The summed E-state index contributed by atoms with van der Waals surface area (Å²) in [6, 6.07) is 6.59. The number of anilines is 1. The zero-order valence-electron chi connectivity index (χ0n) is 19.3. The van der Waals surface area contributed by atoms with E-state index in [-0.39, 0.29) is 12.1 Å². The molecule has 1 N–H and O–H groups in total. The third kappa shape index (κ3) is 7.16. The number of hydrogen-bond acceptors (Lipinski definition) is 4. The lowest BCUT2D eigenvalue weighted by Gasteiger charge is -2.42. The molecule has 1 aliphatic carbocycles. The van der Waals surface area contributed by atoms with Crippen molar-refractivity contribution in [2.75, 3.05) is 31.1 Å². The van der Waals surface area contributed by atoms with E-state index in [1.54, 1.807) is 0 Å². The molecule has 3 rings (SSSR count). The molecule has 7 heteroatoms. The van der Waals surface area contributed by atoms with Crippen LogP contribution in [0, 0.1) is 5.92 Å². The summed E-state index contributed by atoms with van der Waals surface area (Å²) in [6.07, 6.45) is 5.37. The fourth-order valence-corrected chi connectivity index (χ4v) is 5.12. The number of hydrogen-bond donors (Lipinski definition) is 1. The molecule has 31 heavy (non-hydrogen) atoms. The maximum atomic E-state index is 12.0. The van der Waals surface area contributed by atoms with Crippen LogP contribution >= 0.6 is 23.2 Å². The Kier molecular flexibility index (Phi) is 8.39. The Morgan fingerprint density at radius 2 is 1.87 bits per heavy atom. The molecule has 2 aliphatic rings. The molecule has 0 spiro atoms. The van der Waals surface area contributed by atoms with Gasteiger partial charge < -0.3 is 15.0 Å². The SMILES string of the molecule is C[C@@H]1CN(c2cccc(Cl)c2Cl)CCN1CC[C@H]1CC[C@H](NC(=O)OC(C)(C)C)CC1. The van der Waals surface area contributed by atoms with Crippen molar-refractivity contribution in [3.8, 4) is 0 Å². The van der Waals surface area contributed by atoms with Crippen LogP contribution in [0.1, 0.15) is 59.8 Å². The quantitative estimate of drug-likeness (QED) is 0.575. The van der Waals surface area contributed by atoms with Crippen molar-refractivity contribution in [3.05, 3.63) is 28.2 Å². The van der Waals surface area contributed by atoms with Crippen molar-refractivity contribution in [2.45, 2.75) is 77.5 Å². The zero-order chi connectivity index (χ0) is 22.6. The minimum Gasteiger partial charge on any atom is -0.444 e. The van der Waals surface area contributed by atoms with E-state index in [9.17, 15) is 4.79 Å². The molecule has 1 saturated carbocycles. The first kappa shape index (κ1) is 24.5. The predicted octanol–water partition coefficient (Wildman–Crippen LogP) is 5.98. The smallest absolute Gasteiger partial charge is 0.407 e. The summed E-state index contributed by atoms with van der Waals surface area (Å²) in [4.78, 5) is 16.9. The van der Waals surface area contributed by atoms with Crippen LogP contribution in [-0.4, -0.2) is 54.9 Å². The fraction of sp³-hybridized carbons (Fsp3) is 0.708. The van der Waals surface area contributed by atoms with Gasteiger partial charge in [-0.15, -0.1) is 0 Å². The van der Waals surface area contributed by atoms with Crippen LogP contribution in [0.25, 0.3) is 0 Å². The number of piperazine rings is 1. The molecule has 1 atom stereocenters. The molecule has 1 amide bonds. The number of carbonyl (C=O) groups excluding carboxylic acids is 1. The highest BCUT2D eigenvalue weighted by atomic mass is 35.5. The molecular formula is C24H37Cl2N3O2. The molecule has 2 fully saturated rings. The van der Waals surface area contributed by atoms with E-state index in [0.29, 0.717) is 16.1 Å². The van der Waals surface area contributed by atoms with Crippen molar-refractivity contribution in [2.24, 2.45) is 5.92 Å². The van der Waals surface area contributed by atoms with Crippen LogP contribution in [0.5, 0.6) is 0 Å². The van der Waals surface area contributed by atoms with E-state index < -0.39 is 5.60 Å². The van der Waals surface area contributed by atoms with Crippen molar-refractivity contribution in [1.82, 2.24) is 10.2 Å². The fourth-order valence-electron chi connectivity index (χ4n) is 4.70. The van der Waals surface area contributed by atoms with E-state index in [0.717, 1.165) is 50.6 Å². The van der Waals surface area contributed by atoms with Crippen LogP contribution in [0.15, 0.2) is 18.2 Å². The molecule has 0 unspecified atom stereocenters. The maximum absolute atomic E-state index is 12.0. The monoisotopic (exact) mass is 469 g/mol. The van der Waals surface area contributed by atoms with E-state index in [1.807, 2.05) is 32.9 Å². The summed E-state index contributed by atoms with van der Waals surface area (Å²) in [5, 5.41) is 4.31. The molecule has 0 aromatic heterocycles. The van der Waals surface area contributed by atoms with E-state index in [4.69, 9.17) is 27.9 Å². The number of benzene rings is 1. The molecule has 174 valence electrons.